The maximum absolute atomic E-state index is 10.8. The molecule has 0 aromatic rings. The number of nitrogens with zero attached hydrogens (tertiary/aromatic N) is 2. The van der Waals surface area contributed by atoms with Gasteiger partial charge in [-0.2, -0.15) is 0 Å². The summed E-state index contributed by atoms with van der Waals surface area (Å²) in [6, 6.07) is -0.364. The van der Waals surface area contributed by atoms with Crippen molar-refractivity contribution in [2.45, 2.75) is 19.9 Å². The summed E-state index contributed by atoms with van der Waals surface area (Å²) in [6.45, 7) is 12.1. The zero-order valence-corrected chi connectivity index (χ0v) is 9.57. The van der Waals surface area contributed by atoms with Gasteiger partial charge < -0.3 is 5.11 Å². The molecule has 0 aliphatic carbocycles. The van der Waals surface area contributed by atoms with Crippen LogP contribution in [-0.4, -0.2) is 59.6 Å². The van der Waals surface area contributed by atoms with Crippen molar-refractivity contribution in [1.29, 1.82) is 0 Å². The molecule has 1 unspecified atom stereocenters. The molecule has 0 spiro atoms. The van der Waals surface area contributed by atoms with Crippen LogP contribution in [0.2, 0.25) is 0 Å². The Labute approximate surface area is 91.2 Å². The summed E-state index contributed by atoms with van der Waals surface area (Å²) < 4.78 is 0. The van der Waals surface area contributed by atoms with Crippen molar-refractivity contribution >= 4 is 5.97 Å². The Morgan fingerprint density at radius 1 is 1.40 bits per heavy atom. The highest BCUT2D eigenvalue weighted by Crippen LogP contribution is 2.07. The molecule has 1 fully saturated rings. The lowest BCUT2D eigenvalue weighted by molar-refractivity contribution is -0.143. The van der Waals surface area contributed by atoms with Crippen LogP contribution in [0, 0.1) is 0 Å². The zero-order valence-electron chi connectivity index (χ0n) is 9.57. The van der Waals surface area contributed by atoms with Gasteiger partial charge in [0.25, 0.3) is 0 Å². The van der Waals surface area contributed by atoms with E-state index in [1.165, 1.54) is 0 Å². The number of carboxylic acid groups (broad SMARTS) is 1. The van der Waals surface area contributed by atoms with E-state index in [9.17, 15) is 4.79 Å². The fourth-order valence-corrected chi connectivity index (χ4v) is 1.85. The first-order valence-electron chi connectivity index (χ1n) is 5.34. The maximum Gasteiger partial charge on any atom is 0.320 e. The van der Waals surface area contributed by atoms with E-state index in [0.29, 0.717) is 0 Å². The van der Waals surface area contributed by atoms with Crippen molar-refractivity contribution in [3.63, 3.8) is 0 Å². The van der Waals surface area contributed by atoms with E-state index in [2.05, 4.69) is 11.5 Å². The molecule has 15 heavy (non-hydrogen) atoms. The summed E-state index contributed by atoms with van der Waals surface area (Å²) in [5, 5.41) is 8.88. The molecule has 0 aromatic heterocycles. The van der Waals surface area contributed by atoms with Crippen LogP contribution >= 0.6 is 0 Å². The molecule has 4 heteroatoms. The van der Waals surface area contributed by atoms with Crippen molar-refractivity contribution in [2.24, 2.45) is 0 Å². The summed E-state index contributed by atoms with van der Waals surface area (Å²) in [5.74, 6) is -0.733. The summed E-state index contributed by atoms with van der Waals surface area (Å²) in [6.07, 6.45) is 0. The molecule has 4 nitrogen and oxygen atoms in total. The monoisotopic (exact) mass is 212 g/mol. The van der Waals surface area contributed by atoms with E-state index in [-0.39, 0.29) is 6.04 Å². The number of rotatable bonds is 4. The molecule has 1 aliphatic rings. The van der Waals surface area contributed by atoms with Crippen molar-refractivity contribution in [3.05, 3.63) is 12.2 Å². The molecule has 1 atom stereocenters. The third kappa shape index (κ3) is 3.64. The normalized spacial score (nSPS) is 21.2. The topological polar surface area (TPSA) is 43.8 Å². The first-order chi connectivity index (χ1) is 7.00. The first kappa shape index (κ1) is 12.2. The van der Waals surface area contributed by atoms with Crippen LogP contribution in [-0.2, 0) is 4.79 Å². The van der Waals surface area contributed by atoms with Gasteiger partial charge in [0.2, 0.25) is 0 Å². The van der Waals surface area contributed by atoms with Gasteiger partial charge in [-0.05, 0) is 13.8 Å². The van der Waals surface area contributed by atoms with Gasteiger partial charge >= 0.3 is 5.97 Å². The van der Waals surface area contributed by atoms with E-state index < -0.39 is 5.97 Å². The second-order valence-corrected chi connectivity index (χ2v) is 4.28. The average molecular weight is 212 g/mol. The molecule has 1 rings (SSSR count). The van der Waals surface area contributed by atoms with E-state index >= 15 is 0 Å². The molecular formula is C11H20N2O2. The van der Waals surface area contributed by atoms with Gasteiger partial charge in [-0.3, -0.25) is 14.6 Å². The molecular weight excluding hydrogens is 192 g/mol. The van der Waals surface area contributed by atoms with Crippen molar-refractivity contribution < 1.29 is 9.90 Å². The largest absolute Gasteiger partial charge is 0.480 e. The third-order valence-corrected chi connectivity index (χ3v) is 2.81. The minimum atomic E-state index is -0.733. The summed E-state index contributed by atoms with van der Waals surface area (Å²) in [5.41, 5.74) is 1.16. The van der Waals surface area contributed by atoms with Gasteiger partial charge in [-0.15, -0.1) is 0 Å². The van der Waals surface area contributed by atoms with Crippen LogP contribution in [0.25, 0.3) is 0 Å². The van der Waals surface area contributed by atoms with E-state index in [4.69, 9.17) is 5.11 Å². The van der Waals surface area contributed by atoms with Crippen LogP contribution < -0.4 is 0 Å². The molecule has 1 saturated heterocycles. The van der Waals surface area contributed by atoms with E-state index in [1.807, 2.05) is 11.8 Å². The number of aliphatic carboxylic acids is 1. The van der Waals surface area contributed by atoms with E-state index in [1.54, 1.807) is 6.92 Å². The Balaban J connectivity index is 2.35. The maximum atomic E-state index is 10.8. The number of piperazine rings is 1. The van der Waals surface area contributed by atoms with Crippen molar-refractivity contribution in [2.75, 3.05) is 32.7 Å². The van der Waals surface area contributed by atoms with Gasteiger partial charge in [0.1, 0.15) is 6.04 Å². The van der Waals surface area contributed by atoms with Crippen LogP contribution in [0.15, 0.2) is 12.2 Å². The van der Waals surface area contributed by atoms with Crippen LogP contribution in [0.1, 0.15) is 13.8 Å². The number of carbonyl (C=O) groups is 1. The lowest BCUT2D eigenvalue weighted by Crippen LogP contribution is -2.51. The van der Waals surface area contributed by atoms with Gasteiger partial charge in [-0.1, -0.05) is 12.2 Å². The number of hydrogen-bond acceptors (Lipinski definition) is 3. The highest BCUT2D eigenvalue weighted by atomic mass is 16.4. The lowest BCUT2D eigenvalue weighted by atomic mass is 10.2. The molecule has 0 radical (unpaired) electrons. The third-order valence-electron chi connectivity index (χ3n) is 2.81. The molecule has 0 saturated carbocycles. The second-order valence-electron chi connectivity index (χ2n) is 4.28. The molecule has 1 N–H and O–H groups in total. The van der Waals surface area contributed by atoms with Gasteiger partial charge in [0, 0.05) is 32.7 Å². The second kappa shape index (κ2) is 5.28. The predicted octanol–water partition coefficient (Wildman–Crippen LogP) is 0.653. The lowest BCUT2D eigenvalue weighted by Gasteiger charge is -2.36. The smallest absolute Gasteiger partial charge is 0.320 e. The standard InChI is InChI=1S/C11H20N2O2/c1-9(2)8-12-4-6-13(7-5-12)10(3)11(14)15/h10H,1,4-8H2,2-3H3,(H,14,15). The number of carboxylic acids is 1. The predicted molar refractivity (Wildman–Crippen MR) is 59.9 cm³/mol. The molecule has 0 aromatic carbocycles. The van der Waals surface area contributed by atoms with Gasteiger partial charge in [-0.25, -0.2) is 0 Å². The quantitative estimate of drug-likeness (QED) is 0.695. The SMILES string of the molecule is C=C(C)CN1CCN(C(C)C(=O)O)CC1. The summed E-state index contributed by atoms with van der Waals surface area (Å²) >= 11 is 0. The molecule has 1 heterocycles. The fourth-order valence-electron chi connectivity index (χ4n) is 1.85. The molecule has 0 bridgehead atoms. The minimum Gasteiger partial charge on any atom is -0.480 e. The fraction of sp³-hybridized carbons (Fsp3) is 0.727. The zero-order chi connectivity index (χ0) is 11.4. The van der Waals surface area contributed by atoms with Gasteiger partial charge in [0.15, 0.2) is 0 Å². The molecule has 1 aliphatic heterocycles. The molecule has 0 amide bonds. The Kier molecular flexibility index (Phi) is 4.29. The Morgan fingerprint density at radius 2 is 1.93 bits per heavy atom. The first-order valence-corrected chi connectivity index (χ1v) is 5.34. The van der Waals surface area contributed by atoms with Crippen molar-refractivity contribution in [3.8, 4) is 0 Å². The van der Waals surface area contributed by atoms with Crippen LogP contribution in [0.5, 0.6) is 0 Å². The van der Waals surface area contributed by atoms with Crippen molar-refractivity contribution in [1.82, 2.24) is 9.80 Å². The van der Waals surface area contributed by atoms with Gasteiger partial charge in [0.05, 0.1) is 0 Å². The Morgan fingerprint density at radius 3 is 2.33 bits per heavy atom. The summed E-state index contributed by atoms with van der Waals surface area (Å²) in [4.78, 5) is 15.1. The Bertz CT molecular complexity index is 245. The number of hydrogen-bond donors (Lipinski definition) is 1. The van der Waals surface area contributed by atoms with Crippen LogP contribution in [0.4, 0.5) is 0 Å². The highest BCUT2D eigenvalue weighted by molar-refractivity contribution is 5.72. The average Bonchev–Trinajstić information content (AvgIpc) is 2.17. The molecule has 86 valence electrons. The van der Waals surface area contributed by atoms with E-state index in [0.717, 1.165) is 38.3 Å². The summed E-state index contributed by atoms with van der Waals surface area (Å²) in [7, 11) is 0. The minimum absolute atomic E-state index is 0.364. The highest BCUT2D eigenvalue weighted by Gasteiger charge is 2.24. The van der Waals surface area contributed by atoms with Crippen LogP contribution in [0.3, 0.4) is 0 Å². The Hall–Kier alpha value is -0.870.